The van der Waals surface area contributed by atoms with Crippen molar-refractivity contribution in [2.24, 2.45) is 5.92 Å². The van der Waals surface area contributed by atoms with Gasteiger partial charge in [0.2, 0.25) is 0 Å². The Morgan fingerprint density at radius 3 is 2.36 bits per heavy atom. The van der Waals surface area contributed by atoms with Crippen molar-refractivity contribution >= 4 is 0 Å². The molecule has 0 aromatic rings. The molecule has 2 atom stereocenters. The van der Waals surface area contributed by atoms with E-state index in [2.05, 4.69) is 13.8 Å². The van der Waals surface area contributed by atoms with Crippen LogP contribution in [-0.2, 0) is 9.47 Å². The summed E-state index contributed by atoms with van der Waals surface area (Å²) in [5.41, 5.74) is 0. The molecule has 86 valence electrons. The summed E-state index contributed by atoms with van der Waals surface area (Å²) in [6.07, 6.45) is 6.42. The number of rotatable bonds is 9. The maximum atomic E-state index is 5.46. The van der Waals surface area contributed by atoms with Gasteiger partial charge in [-0.05, 0) is 31.6 Å². The molecule has 14 heavy (non-hydrogen) atoms. The Hall–Kier alpha value is -0.0800. The minimum Gasteiger partial charge on any atom is -0.385 e. The second kappa shape index (κ2) is 9.47. The van der Waals surface area contributed by atoms with Gasteiger partial charge in [-0.3, -0.25) is 0 Å². The largest absolute Gasteiger partial charge is 0.385 e. The third kappa shape index (κ3) is 7.34. The fourth-order valence-corrected chi connectivity index (χ4v) is 1.57. The molecule has 0 rings (SSSR count). The zero-order chi connectivity index (χ0) is 10.8. The lowest BCUT2D eigenvalue weighted by Crippen LogP contribution is -2.14. The first-order chi connectivity index (χ1) is 6.74. The molecule has 2 unspecified atom stereocenters. The van der Waals surface area contributed by atoms with E-state index in [1.54, 1.807) is 7.11 Å². The maximum absolute atomic E-state index is 5.46. The highest BCUT2D eigenvalue weighted by molar-refractivity contribution is 4.62. The summed E-state index contributed by atoms with van der Waals surface area (Å²) >= 11 is 0. The second-order valence-corrected chi connectivity index (χ2v) is 4.10. The summed E-state index contributed by atoms with van der Waals surface area (Å²) < 4.78 is 10.5. The van der Waals surface area contributed by atoms with Gasteiger partial charge >= 0.3 is 0 Å². The summed E-state index contributed by atoms with van der Waals surface area (Å²) in [4.78, 5) is 0. The molecule has 0 aliphatic rings. The lowest BCUT2D eigenvalue weighted by Gasteiger charge is -2.18. The zero-order valence-electron chi connectivity index (χ0n) is 10.2. The average Bonchev–Trinajstić information content (AvgIpc) is 2.22. The summed E-state index contributed by atoms with van der Waals surface area (Å²) in [7, 11) is 3.58. The van der Waals surface area contributed by atoms with Crippen molar-refractivity contribution in [1.82, 2.24) is 0 Å². The molecule has 0 aromatic carbocycles. The first-order valence-electron chi connectivity index (χ1n) is 5.76. The van der Waals surface area contributed by atoms with E-state index in [1.165, 1.54) is 25.7 Å². The van der Waals surface area contributed by atoms with Gasteiger partial charge in [-0.25, -0.2) is 0 Å². The van der Waals surface area contributed by atoms with Crippen LogP contribution in [0.2, 0.25) is 0 Å². The Morgan fingerprint density at radius 2 is 1.86 bits per heavy atom. The smallest absolute Gasteiger partial charge is 0.0573 e. The number of ether oxygens (including phenoxy) is 2. The van der Waals surface area contributed by atoms with Crippen LogP contribution in [0.4, 0.5) is 0 Å². The number of unbranched alkanes of at least 4 members (excludes halogenated alkanes) is 1. The molecular weight excluding hydrogens is 176 g/mol. The predicted molar refractivity (Wildman–Crippen MR) is 60.6 cm³/mol. The summed E-state index contributed by atoms with van der Waals surface area (Å²) in [6, 6.07) is 0. The van der Waals surface area contributed by atoms with Gasteiger partial charge in [-0.1, -0.05) is 20.3 Å². The SMILES string of the molecule is CCC(C)CC(CCCCOC)OC. The van der Waals surface area contributed by atoms with Crippen molar-refractivity contribution in [3.8, 4) is 0 Å². The van der Waals surface area contributed by atoms with Crippen molar-refractivity contribution < 1.29 is 9.47 Å². The van der Waals surface area contributed by atoms with Crippen molar-refractivity contribution in [2.75, 3.05) is 20.8 Å². The van der Waals surface area contributed by atoms with E-state index in [4.69, 9.17) is 9.47 Å². The zero-order valence-corrected chi connectivity index (χ0v) is 10.2. The van der Waals surface area contributed by atoms with Crippen LogP contribution in [0.25, 0.3) is 0 Å². The molecule has 0 radical (unpaired) electrons. The molecule has 0 bridgehead atoms. The van der Waals surface area contributed by atoms with Crippen LogP contribution >= 0.6 is 0 Å². The van der Waals surface area contributed by atoms with E-state index in [1.807, 2.05) is 7.11 Å². The van der Waals surface area contributed by atoms with Crippen LogP contribution in [-0.4, -0.2) is 26.9 Å². The number of methoxy groups -OCH3 is 2. The van der Waals surface area contributed by atoms with E-state index < -0.39 is 0 Å². The van der Waals surface area contributed by atoms with Crippen LogP contribution in [0, 0.1) is 5.92 Å². The number of hydrogen-bond donors (Lipinski definition) is 0. The minimum absolute atomic E-state index is 0.446. The minimum atomic E-state index is 0.446. The molecule has 0 spiro atoms. The highest BCUT2D eigenvalue weighted by Gasteiger charge is 2.10. The van der Waals surface area contributed by atoms with Gasteiger partial charge in [0.05, 0.1) is 6.10 Å². The van der Waals surface area contributed by atoms with Gasteiger partial charge in [-0.2, -0.15) is 0 Å². The Balaban J connectivity index is 3.47. The summed E-state index contributed by atoms with van der Waals surface area (Å²) in [5, 5.41) is 0. The molecular formula is C12H26O2. The molecule has 0 saturated carbocycles. The van der Waals surface area contributed by atoms with Crippen molar-refractivity contribution in [3.63, 3.8) is 0 Å². The highest BCUT2D eigenvalue weighted by Crippen LogP contribution is 2.16. The van der Waals surface area contributed by atoms with Crippen molar-refractivity contribution in [3.05, 3.63) is 0 Å². The van der Waals surface area contributed by atoms with Crippen LogP contribution in [0.5, 0.6) is 0 Å². The standard InChI is InChI=1S/C12H26O2/c1-5-11(2)10-12(14-4)8-6-7-9-13-3/h11-12H,5-10H2,1-4H3. The quantitative estimate of drug-likeness (QED) is 0.534. The fraction of sp³-hybridized carbons (Fsp3) is 1.00. The van der Waals surface area contributed by atoms with Crippen LogP contribution in [0.3, 0.4) is 0 Å². The van der Waals surface area contributed by atoms with Crippen LogP contribution < -0.4 is 0 Å². The maximum Gasteiger partial charge on any atom is 0.0573 e. The molecule has 0 N–H and O–H groups in total. The third-order valence-electron chi connectivity index (χ3n) is 2.82. The second-order valence-electron chi connectivity index (χ2n) is 4.10. The van der Waals surface area contributed by atoms with E-state index in [0.717, 1.165) is 18.9 Å². The van der Waals surface area contributed by atoms with Gasteiger partial charge in [0.15, 0.2) is 0 Å². The van der Waals surface area contributed by atoms with Crippen molar-refractivity contribution in [2.45, 2.75) is 52.1 Å². The van der Waals surface area contributed by atoms with Crippen LogP contribution in [0.1, 0.15) is 46.0 Å². The van der Waals surface area contributed by atoms with Gasteiger partial charge in [0, 0.05) is 20.8 Å². The Bertz CT molecular complexity index is 115. The molecule has 0 fully saturated rings. The lowest BCUT2D eigenvalue weighted by molar-refractivity contribution is 0.0704. The van der Waals surface area contributed by atoms with Gasteiger partial charge < -0.3 is 9.47 Å². The molecule has 0 aromatic heterocycles. The van der Waals surface area contributed by atoms with E-state index in [9.17, 15) is 0 Å². The van der Waals surface area contributed by atoms with E-state index >= 15 is 0 Å². The molecule has 0 saturated heterocycles. The molecule has 0 aliphatic carbocycles. The lowest BCUT2D eigenvalue weighted by atomic mass is 9.98. The molecule has 2 nitrogen and oxygen atoms in total. The Kier molecular flexibility index (Phi) is 9.42. The molecule has 0 amide bonds. The topological polar surface area (TPSA) is 18.5 Å². The van der Waals surface area contributed by atoms with Crippen molar-refractivity contribution in [1.29, 1.82) is 0 Å². The molecule has 2 heteroatoms. The summed E-state index contributed by atoms with van der Waals surface area (Å²) in [6.45, 7) is 5.41. The van der Waals surface area contributed by atoms with E-state index in [-0.39, 0.29) is 0 Å². The molecule has 0 heterocycles. The third-order valence-corrected chi connectivity index (χ3v) is 2.82. The Labute approximate surface area is 89.0 Å². The average molecular weight is 202 g/mol. The monoisotopic (exact) mass is 202 g/mol. The van der Waals surface area contributed by atoms with Gasteiger partial charge in [-0.15, -0.1) is 0 Å². The fourth-order valence-electron chi connectivity index (χ4n) is 1.57. The first-order valence-corrected chi connectivity index (χ1v) is 5.76. The van der Waals surface area contributed by atoms with Crippen LogP contribution in [0.15, 0.2) is 0 Å². The summed E-state index contributed by atoms with van der Waals surface area (Å²) in [5.74, 6) is 0.780. The predicted octanol–water partition coefficient (Wildman–Crippen LogP) is 3.25. The molecule has 0 aliphatic heterocycles. The van der Waals surface area contributed by atoms with Gasteiger partial charge in [0.1, 0.15) is 0 Å². The van der Waals surface area contributed by atoms with Gasteiger partial charge in [0.25, 0.3) is 0 Å². The van der Waals surface area contributed by atoms with E-state index in [0.29, 0.717) is 6.10 Å². The first kappa shape index (κ1) is 13.9. The highest BCUT2D eigenvalue weighted by atomic mass is 16.5. The number of hydrogen-bond acceptors (Lipinski definition) is 2. The normalized spacial score (nSPS) is 15.4. The Morgan fingerprint density at radius 1 is 1.14 bits per heavy atom.